The molecule has 2 heteroatoms. The first-order chi connectivity index (χ1) is 7.38. The highest BCUT2D eigenvalue weighted by Crippen LogP contribution is 2.30. The van der Waals surface area contributed by atoms with Crippen molar-refractivity contribution in [3.63, 3.8) is 0 Å². The first-order valence-corrected chi connectivity index (χ1v) is 7.78. The molecule has 0 aliphatic heterocycles. The van der Waals surface area contributed by atoms with E-state index < -0.39 is 0 Å². The maximum absolute atomic E-state index is 3.80. The molecule has 0 spiro atoms. The Kier molecular flexibility index (Phi) is 4.83. The minimum atomic E-state index is 0.842. The van der Waals surface area contributed by atoms with Crippen molar-refractivity contribution in [2.75, 3.05) is 12.3 Å². The molecule has 2 saturated carbocycles. The predicted octanol–water partition coefficient (Wildman–Crippen LogP) is 3.44. The second-order valence-electron chi connectivity index (χ2n) is 5.15. The highest BCUT2D eigenvalue weighted by molar-refractivity contribution is 7.99. The van der Waals surface area contributed by atoms with Crippen molar-refractivity contribution in [1.82, 2.24) is 5.32 Å². The molecule has 0 saturated heterocycles. The van der Waals surface area contributed by atoms with Gasteiger partial charge in [0.2, 0.25) is 0 Å². The molecule has 2 atom stereocenters. The summed E-state index contributed by atoms with van der Waals surface area (Å²) in [7, 11) is 0. The van der Waals surface area contributed by atoms with E-state index in [1.165, 1.54) is 57.2 Å². The van der Waals surface area contributed by atoms with Gasteiger partial charge in [-0.1, -0.05) is 19.8 Å². The Balaban J connectivity index is 1.59. The van der Waals surface area contributed by atoms with Gasteiger partial charge in [-0.2, -0.15) is 11.8 Å². The van der Waals surface area contributed by atoms with Crippen molar-refractivity contribution < 1.29 is 0 Å². The molecule has 1 nitrogen and oxygen atoms in total. The van der Waals surface area contributed by atoms with Gasteiger partial charge >= 0.3 is 0 Å². The minimum absolute atomic E-state index is 0.842. The number of hydrogen-bond acceptors (Lipinski definition) is 2. The van der Waals surface area contributed by atoms with Gasteiger partial charge in [-0.15, -0.1) is 0 Å². The van der Waals surface area contributed by atoms with Gasteiger partial charge in [-0.25, -0.2) is 0 Å². The van der Waals surface area contributed by atoms with E-state index in [1.807, 2.05) is 0 Å². The van der Waals surface area contributed by atoms with Crippen molar-refractivity contribution in [3.05, 3.63) is 0 Å². The summed E-state index contributed by atoms with van der Waals surface area (Å²) >= 11 is 2.16. The molecule has 2 fully saturated rings. The average Bonchev–Trinajstić information content (AvgIpc) is 2.85. The standard InChI is InChI=1S/C13H25NS/c1-2-15-13-8-7-12(9-13)14-10-11-5-3-4-6-11/h11-14H,2-10H2,1H3. The van der Waals surface area contributed by atoms with Crippen LogP contribution in [0.3, 0.4) is 0 Å². The Morgan fingerprint density at radius 3 is 2.67 bits per heavy atom. The summed E-state index contributed by atoms with van der Waals surface area (Å²) < 4.78 is 0. The largest absolute Gasteiger partial charge is 0.314 e. The van der Waals surface area contributed by atoms with Crippen LogP contribution in [0.5, 0.6) is 0 Å². The Morgan fingerprint density at radius 2 is 1.93 bits per heavy atom. The van der Waals surface area contributed by atoms with Crippen molar-refractivity contribution in [2.45, 2.75) is 63.2 Å². The molecule has 1 N–H and O–H groups in total. The molecule has 0 aromatic carbocycles. The van der Waals surface area contributed by atoms with Crippen LogP contribution >= 0.6 is 11.8 Å². The zero-order valence-electron chi connectivity index (χ0n) is 10.0. The summed E-state index contributed by atoms with van der Waals surface area (Å²) in [5.74, 6) is 2.29. The maximum atomic E-state index is 3.80. The Bertz CT molecular complexity index is 177. The van der Waals surface area contributed by atoms with Crippen LogP contribution in [0.1, 0.15) is 51.9 Å². The SMILES string of the molecule is CCSC1CCC(NCC2CCCC2)C1. The Hall–Kier alpha value is 0.310. The summed E-state index contributed by atoms with van der Waals surface area (Å²) in [4.78, 5) is 0. The monoisotopic (exact) mass is 227 g/mol. The second kappa shape index (κ2) is 6.15. The number of thioether (sulfide) groups is 1. The Morgan fingerprint density at radius 1 is 1.13 bits per heavy atom. The number of hydrogen-bond donors (Lipinski definition) is 1. The zero-order valence-corrected chi connectivity index (χ0v) is 10.8. The van der Waals surface area contributed by atoms with Crippen molar-refractivity contribution in [1.29, 1.82) is 0 Å². The first kappa shape index (κ1) is 11.8. The minimum Gasteiger partial charge on any atom is -0.314 e. The molecule has 0 bridgehead atoms. The van der Waals surface area contributed by atoms with Gasteiger partial charge in [0.15, 0.2) is 0 Å². The molecule has 0 heterocycles. The summed E-state index contributed by atoms with van der Waals surface area (Å²) in [5, 5.41) is 4.75. The molecule has 15 heavy (non-hydrogen) atoms. The van der Waals surface area contributed by atoms with E-state index in [-0.39, 0.29) is 0 Å². The van der Waals surface area contributed by atoms with Crippen LogP contribution in [-0.4, -0.2) is 23.6 Å². The third-order valence-corrected chi connectivity index (χ3v) is 5.19. The quantitative estimate of drug-likeness (QED) is 0.772. The summed E-state index contributed by atoms with van der Waals surface area (Å²) in [6, 6.07) is 0.842. The van der Waals surface area contributed by atoms with Gasteiger partial charge in [0, 0.05) is 11.3 Å². The van der Waals surface area contributed by atoms with E-state index in [0.717, 1.165) is 17.2 Å². The van der Waals surface area contributed by atoms with Crippen LogP contribution in [0.4, 0.5) is 0 Å². The van der Waals surface area contributed by atoms with Gasteiger partial charge < -0.3 is 5.32 Å². The fourth-order valence-electron chi connectivity index (χ4n) is 3.06. The third-order valence-electron chi connectivity index (χ3n) is 3.96. The van der Waals surface area contributed by atoms with Crippen molar-refractivity contribution >= 4 is 11.8 Å². The van der Waals surface area contributed by atoms with E-state index >= 15 is 0 Å². The van der Waals surface area contributed by atoms with Crippen LogP contribution in [0.25, 0.3) is 0 Å². The molecule has 0 radical (unpaired) electrons. The average molecular weight is 227 g/mol. The van der Waals surface area contributed by atoms with Crippen LogP contribution in [0.2, 0.25) is 0 Å². The lowest BCUT2D eigenvalue weighted by atomic mass is 10.1. The summed E-state index contributed by atoms with van der Waals surface area (Å²) in [6.07, 6.45) is 10.2. The lowest BCUT2D eigenvalue weighted by Gasteiger charge is -2.16. The molecule has 2 aliphatic rings. The lowest BCUT2D eigenvalue weighted by Crippen LogP contribution is -2.31. The van der Waals surface area contributed by atoms with E-state index in [1.54, 1.807) is 0 Å². The lowest BCUT2D eigenvalue weighted by molar-refractivity contribution is 0.435. The topological polar surface area (TPSA) is 12.0 Å². The molecular weight excluding hydrogens is 202 g/mol. The van der Waals surface area contributed by atoms with Gasteiger partial charge in [0.1, 0.15) is 0 Å². The second-order valence-corrected chi connectivity index (χ2v) is 6.72. The smallest absolute Gasteiger partial charge is 0.00781 e. The molecule has 0 amide bonds. The van der Waals surface area contributed by atoms with Crippen LogP contribution in [-0.2, 0) is 0 Å². The normalized spacial score (nSPS) is 32.6. The van der Waals surface area contributed by atoms with Crippen molar-refractivity contribution in [3.8, 4) is 0 Å². The fraction of sp³-hybridized carbons (Fsp3) is 1.00. The zero-order chi connectivity index (χ0) is 10.5. The van der Waals surface area contributed by atoms with E-state index in [0.29, 0.717) is 0 Å². The van der Waals surface area contributed by atoms with E-state index in [2.05, 4.69) is 24.0 Å². The first-order valence-electron chi connectivity index (χ1n) is 6.73. The van der Waals surface area contributed by atoms with Gasteiger partial charge in [-0.05, 0) is 50.3 Å². The van der Waals surface area contributed by atoms with Gasteiger partial charge in [0.25, 0.3) is 0 Å². The molecule has 0 aromatic rings. The molecular formula is C13H25NS. The van der Waals surface area contributed by atoms with Crippen LogP contribution in [0.15, 0.2) is 0 Å². The number of nitrogens with one attached hydrogen (secondary N) is 1. The molecule has 88 valence electrons. The van der Waals surface area contributed by atoms with Gasteiger partial charge in [-0.3, -0.25) is 0 Å². The van der Waals surface area contributed by atoms with Crippen LogP contribution < -0.4 is 5.32 Å². The summed E-state index contributed by atoms with van der Waals surface area (Å²) in [6.45, 7) is 3.58. The summed E-state index contributed by atoms with van der Waals surface area (Å²) in [5.41, 5.74) is 0. The molecule has 2 unspecified atom stereocenters. The van der Waals surface area contributed by atoms with Crippen molar-refractivity contribution in [2.24, 2.45) is 5.92 Å². The highest BCUT2D eigenvalue weighted by atomic mass is 32.2. The van der Waals surface area contributed by atoms with Gasteiger partial charge in [0.05, 0.1) is 0 Å². The number of rotatable bonds is 5. The van der Waals surface area contributed by atoms with Crippen LogP contribution in [0, 0.1) is 5.92 Å². The maximum Gasteiger partial charge on any atom is 0.00781 e. The molecule has 0 aromatic heterocycles. The Labute approximate surface area is 98.8 Å². The fourth-order valence-corrected chi connectivity index (χ4v) is 4.20. The predicted molar refractivity (Wildman–Crippen MR) is 69.5 cm³/mol. The third kappa shape index (κ3) is 3.67. The molecule has 2 rings (SSSR count). The van der Waals surface area contributed by atoms with E-state index in [4.69, 9.17) is 0 Å². The highest BCUT2D eigenvalue weighted by Gasteiger charge is 2.25. The molecule has 2 aliphatic carbocycles. The van der Waals surface area contributed by atoms with E-state index in [9.17, 15) is 0 Å².